The molecule has 1 N–H and O–H groups in total. The lowest BCUT2D eigenvalue weighted by Gasteiger charge is -2.26. The first-order chi connectivity index (χ1) is 14.0. The van der Waals surface area contributed by atoms with Gasteiger partial charge in [-0.1, -0.05) is 30.3 Å². The summed E-state index contributed by atoms with van der Waals surface area (Å²) in [6.45, 7) is 3.61. The minimum absolute atomic E-state index is 0.126. The third kappa shape index (κ3) is 5.56. The van der Waals surface area contributed by atoms with Crippen molar-refractivity contribution >= 4 is 21.6 Å². The first-order valence-electron chi connectivity index (χ1n) is 9.69. The molecule has 1 heterocycles. The van der Waals surface area contributed by atoms with Crippen LogP contribution in [0, 0.1) is 0 Å². The Hall–Kier alpha value is -2.42. The van der Waals surface area contributed by atoms with E-state index in [1.807, 2.05) is 37.3 Å². The number of hydrogen-bond donors (Lipinski definition) is 1. The van der Waals surface area contributed by atoms with Crippen LogP contribution in [-0.2, 0) is 26.0 Å². The maximum absolute atomic E-state index is 12.9. The highest BCUT2D eigenvalue weighted by atomic mass is 32.2. The van der Waals surface area contributed by atoms with Gasteiger partial charge in [0.15, 0.2) is 0 Å². The number of aryl methyl sites for hydroxylation is 1. The quantitative estimate of drug-likeness (QED) is 0.712. The van der Waals surface area contributed by atoms with Crippen molar-refractivity contribution in [3.05, 3.63) is 54.1 Å². The number of ether oxygens (including phenoxy) is 2. The summed E-state index contributed by atoms with van der Waals surface area (Å²) in [5.41, 5.74) is 1.43. The van der Waals surface area contributed by atoms with Crippen LogP contribution >= 0.6 is 0 Å². The van der Waals surface area contributed by atoms with E-state index >= 15 is 0 Å². The van der Waals surface area contributed by atoms with Gasteiger partial charge >= 0.3 is 0 Å². The first kappa shape index (κ1) is 21.3. The highest BCUT2D eigenvalue weighted by Crippen LogP contribution is 2.30. The molecule has 1 fully saturated rings. The molecule has 0 atom stereocenters. The van der Waals surface area contributed by atoms with Crippen molar-refractivity contribution in [3.63, 3.8) is 0 Å². The molecule has 7 nitrogen and oxygen atoms in total. The summed E-state index contributed by atoms with van der Waals surface area (Å²) >= 11 is 0. The zero-order valence-electron chi connectivity index (χ0n) is 16.5. The van der Waals surface area contributed by atoms with Crippen molar-refractivity contribution in [1.82, 2.24) is 4.31 Å². The molecule has 1 aliphatic rings. The Kier molecular flexibility index (Phi) is 7.24. The van der Waals surface area contributed by atoms with Crippen LogP contribution in [0.3, 0.4) is 0 Å². The summed E-state index contributed by atoms with van der Waals surface area (Å²) in [6.07, 6.45) is 0.887. The topological polar surface area (TPSA) is 84.9 Å². The molecule has 0 aromatic heterocycles. The lowest BCUT2D eigenvalue weighted by molar-refractivity contribution is -0.116. The molecular weight excluding hydrogens is 392 g/mol. The predicted molar refractivity (Wildman–Crippen MR) is 111 cm³/mol. The molecule has 0 aliphatic carbocycles. The highest BCUT2D eigenvalue weighted by molar-refractivity contribution is 7.89. The van der Waals surface area contributed by atoms with Crippen molar-refractivity contribution in [2.45, 2.75) is 24.7 Å². The van der Waals surface area contributed by atoms with Crippen LogP contribution in [0.5, 0.6) is 5.75 Å². The third-order valence-corrected chi connectivity index (χ3v) is 6.51. The van der Waals surface area contributed by atoms with Crippen molar-refractivity contribution < 1.29 is 22.7 Å². The Labute approximate surface area is 171 Å². The van der Waals surface area contributed by atoms with E-state index < -0.39 is 10.0 Å². The summed E-state index contributed by atoms with van der Waals surface area (Å²) < 4.78 is 38.0. The van der Waals surface area contributed by atoms with Gasteiger partial charge in [0.25, 0.3) is 0 Å². The molecule has 2 aromatic rings. The van der Waals surface area contributed by atoms with E-state index in [9.17, 15) is 13.2 Å². The van der Waals surface area contributed by atoms with Gasteiger partial charge in [-0.3, -0.25) is 4.79 Å². The number of hydrogen-bond acceptors (Lipinski definition) is 5. The number of carbonyl (C=O) groups excluding carboxylic acids is 1. The average molecular weight is 419 g/mol. The van der Waals surface area contributed by atoms with E-state index in [4.69, 9.17) is 9.47 Å². The summed E-state index contributed by atoms with van der Waals surface area (Å²) in [4.78, 5) is 12.6. The van der Waals surface area contributed by atoms with E-state index in [0.29, 0.717) is 50.8 Å². The average Bonchev–Trinajstić information content (AvgIpc) is 2.75. The molecule has 0 unspecified atom stereocenters. The third-order valence-electron chi connectivity index (χ3n) is 4.62. The van der Waals surface area contributed by atoms with Crippen molar-refractivity contribution in [2.24, 2.45) is 0 Å². The van der Waals surface area contributed by atoms with Gasteiger partial charge < -0.3 is 14.8 Å². The van der Waals surface area contributed by atoms with Gasteiger partial charge in [0.05, 0.1) is 30.4 Å². The number of sulfonamides is 1. The fourth-order valence-electron chi connectivity index (χ4n) is 3.10. The minimum atomic E-state index is -3.66. The van der Waals surface area contributed by atoms with E-state index in [1.54, 1.807) is 6.07 Å². The smallest absolute Gasteiger partial charge is 0.243 e. The number of morpholine rings is 1. The normalized spacial score (nSPS) is 15.1. The predicted octanol–water partition coefficient (Wildman–Crippen LogP) is 2.68. The second-order valence-corrected chi connectivity index (χ2v) is 8.58. The van der Waals surface area contributed by atoms with Gasteiger partial charge in [0.2, 0.25) is 15.9 Å². The standard InChI is InChI=1S/C21H26N2O5S/c1-2-28-20-10-9-18(29(25,26)23-12-14-27-15-13-23)16-19(20)22-21(24)11-8-17-6-4-3-5-7-17/h3-7,9-10,16H,2,8,11-15H2,1H3,(H,22,24). The fraction of sp³-hybridized carbons (Fsp3) is 0.381. The lowest BCUT2D eigenvalue weighted by atomic mass is 10.1. The van der Waals surface area contributed by atoms with E-state index in [0.717, 1.165) is 5.56 Å². The molecule has 3 rings (SSSR count). The fourth-order valence-corrected chi connectivity index (χ4v) is 4.53. The molecule has 29 heavy (non-hydrogen) atoms. The molecule has 2 aromatic carbocycles. The maximum atomic E-state index is 12.9. The largest absolute Gasteiger partial charge is 0.492 e. The summed E-state index contributed by atoms with van der Waals surface area (Å²) in [6, 6.07) is 14.3. The number of nitrogens with one attached hydrogen (secondary N) is 1. The molecule has 0 radical (unpaired) electrons. The molecule has 1 amide bonds. The van der Waals surface area contributed by atoms with Crippen LogP contribution in [0.2, 0.25) is 0 Å². The number of benzene rings is 2. The van der Waals surface area contributed by atoms with Crippen LogP contribution in [0.4, 0.5) is 5.69 Å². The van der Waals surface area contributed by atoms with E-state index in [1.165, 1.54) is 16.4 Å². The molecule has 1 aliphatic heterocycles. The van der Waals surface area contributed by atoms with E-state index in [-0.39, 0.29) is 17.2 Å². The van der Waals surface area contributed by atoms with Crippen molar-refractivity contribution in [2.75, 3.05) is 38.2 Å². The number of rotatable bonds is 8. The van der Waals surface area contributed by atoms with Gasteiger partial charge in [0, 0.05) is 19.5 Å². The Bertz CT molecular complexity index is 925. The van der Waals surface area contributed by atoms with Gasteiger partial charge in [-0.15, -0.1) is 0 Å². The van der Waals surface area contributed by atoms with Crippen LogP contribution in [0.25, 0.3) is 0 Å². The van der Waals surface area contributed by atoms with Crippen molar-refractivity contribution in [3.8, 4) is 5.75 Å². The lowest BCUT2D eigenvalue weighted by Crippen LogP contribution is -2.40. The number of nitrogens with zero attached hydrogens (tertiary/aromatic N) is 1. The van der Waals surface area contributed by atoms with Gasteiger partial charge in [-0.2, -0.15) is 4.31 Å². The second kappa shape index (κ2) is 9.87. The SMILES string of the molecule is CCOc1ccc(S(=O)(=O)N2CCOCC2)cc1NC(=O)CCc1ccccc1. The Morgan fingerprint density at radius 3 is 2.55 bits per heavy atom. The zero-order chi connectivity index (χ0) is 20.7. The van der Waals surface area contributed by atoms with Gasteiger partial charge in [0.1, 0.15) is 5.75 Å². The number of anilines is 1. The van der Waals surface area contributed by atoms with Crippen LogP contribution < -0.4 is 10.1 Å². The maximum Gasteiger partial charge on any atom is 0.243 e. The Balaban J connectivity index is 1.76. The highest BCUT2D eigenvalue weighted by Gasteiger charge is 2.27. The van der Waals surface area contributed by atoms with Crippen LogP contribution in [0.1, 0.15) is 18.9 Å². The number of amides is 1. The Morgan fingerprint density at radius 1 is 1.14 bits per heavy atom. The monoisotopic (exact) mass is 418 g/mol. The molecular formula is C21H26N2O5S. The van der Waals surface area contributed by atoms with Crippen LogP contribution in [-0.4, -0.2) is 51.5 Å². The Morgan fingerprint density at radius 2 is 1.86 bits per heavy atom. The zero-order valence-corrected chi connectivity index (χ0v) is 17.3. The van der Waals surface area contributed by atoms with Crippen LogP contribution in [0.15, 0.2) is 53.4 Å². The molecule has 8 heteroatoms. The first-order valence-corrected chi connectivity index (χ1v) is 11.1. The summed E-state index contributed by atoms with van der Waals surface area (Å²) in [5.74, 6) is 0.247. The van der Waals surface area contributed by atoms with Crippen molar-refractivity contribution in [1.29, 1.82) is 0 Å². The molecule has 156 valence electrons. The summed E-state index contributed by atoms with van der Waals surface area (Å²) in [5, 5.41) is 2.81. The second-order valence-electron chi connectivity index (χ2n) is 6.64. The van der Waals surface area contributed by atoms with E-state index in [2.05, 4.69) is 5.32 Å². The molecule has 0 spiro atoms. The van der Waals surface area contributed by atoms with Gasteiger partial charge in [-0.25, -0.2) is 8.42 Å². The van der Waals surface area contributed by atoms with Gasteiger partial charge in [-0.05, 0) is 37.1 Å². The summed E-state index contributed by atoms with van der Waals surface area (Å²) in [7, 11) is -3.66. The number of carbonyl (C=O) groups is 1. The molecule has 0 saturated carbocycles. The molecule has 0 bridgehead atoms. The minimum Gasteiger partial charge on any atom is -0.492 e. The molecule has 1 saturated heterocycles.